The Morgan fingerprint density at radius 3 is 2.58 bits per heavy atom. The summed E-state index contributed by atoms with van der Waals surface area (Å²) in [7, 11) is 0. The van der Waals surface area contributed by atoms with Crippen LogP contribution in [-0.4, -0.2) is 5.11 Å². The molecule has 100 valence electrons. The van der Waals surface area contributed by atoms with Gasteiger partial charge >= 0.3 is 0 Å². The van der Waals surface area contributed by atoms with Gasteiger partial charge in [0, 0.05) is 6.54 Å². The summed E-state index contributed by atoms with van der Waals surface area (Å²) >= 11 is 0. The van der Waals surface area contributed by atoms with Gasteiger partial charge in [0.25, 0.3) is 0 Å². The Kier molecular flexibility index (Phi) is 3.97. The van der Waals surface area contributed by atoms with E-state index in [4.69, 9.17) is 10.8 Å². The molecule has 0 aliphatic heterocycles. The van der Waals surface area contributed by atoms with Crippen molar-refractivity contribution >= 4 is 11.4 Å². The molecular weight excluding hydrogens is 250 g/mol. The summed E-state index contributed by atoms with van der Waals surface area (Å²) in [4.78, 5) is 0. The van der Waals surface area contributed by atoms with E-state index in [0.717, 1.165) is 17.2 Å². The highest BCUT2D eigenvalue weighted by Crippen LogP contribution is 2.25. The van der Waals surface area contributed by atoms with Crippen LogP contribution in [0.4, 0.5) is 20.2 Å². The van der Waals surface area contributed by atoms with Crippen molar-refractivity contribution in [3.05, 3.63) is 59.2 Å². The van der Waals surface area contributed by atoms with Crippen LogP contribution in [0.1, 0.15) is 11.1 Å². The van der Waals surface area contributed by atoms with Crippen LogP contribution in [0.5, 0.6) is 0 Å². The monoisotopic (exact) mass is 264 g/mol. The Bertz CT molecular complexity index is 588. The first-order chi connectivity index (χ1) is 9.11. The van der Waals surface area contributed by atoms with Crippen LogP contribution in [0.15, 0.2) is 36.4 Å². The molecule has 19 heavy (non-hydrogen) atoms. The predicted octanol–water partition coefficient (Wildman–Crippen LogP) is 2.65. The molecule has 0 aliphatic rings. The fourth-order valence-electron chi connectivity index (χ4n) is 1.77. The molecule has 0 fully saturated rings. The van der Waals surface area contributed by atoms with Gasteiger partial charge in [-0.05, 0) is 23.3 Å². The molecule has 2 aromatic carbocycles. The quantitative estimate of drug-likeness (QED) is 0.744. The van der Waals surface area contributed by atoms with Gasteiger partial charge in [-0.3, -0.25) is 0 Å². The van der Waals surface area contributed by atoms with Crippen LogP contribution in [0, 0.1) is 11.6 Å². The van der Waals surface area contributed by atoms with E-state index in [9.17, 15) is 8.78 Å². The van der Waals surface area contributed by atoms with Gasteiger partial charge in [-0.2, -0.15) is 0 Å². The summed E-state index contributed by atoms with van der Waals surface area (Å²) in [6.45, 7) is 0.225. The predicted molar refractivity (Wildman–Crippen MR) is 70.5 cm³/mol. The zero-order valence-electron chi connectivity index (χ0n) is 10.2. The van der Waals surface area contributed by atoms with E-state index >= 15 is 0 Å². The second-order valence-electron chi connectivity index (χ2n) is 4.16. The van der Waals surface area contributed by atoms with Crippen molar-refractivity contribution in [3.8, 4) is 0 Å². The molecule has 2 aromatic rings. The van der Waals surface area contributed by atoms with Crippen LogP contribution in [0.3, 0.4) is 0 Å². The Labute approximate surface area is 109 Å². The maximum absolute atomic E-state index is 13.6. The number of nitrogens with one attached hydrogen (secondary N) is 1. The molecule has 0 saturated carbocycles. The van der Waals surface area contributed by atoms with Gasteiger partial charge in [0.15, 0.2) is 11.6 Å². The van der Waals surface area contributed by atoms with E-state index in [1.807, 2.05) is 6.07 Å². The minimum Gasteiger partial charge on any atom is -0.397 e. The Hall–Kier alpha value is -2.14. The molecule has 5 heteroatoms. The number of aliphatic hydroxyl groups excluding tert-OH is 1. The minimum atomic E-state index is -0.988. The average molecular weight is 264 g/mol. The van der Waals surface area contributed by atoms with Gasteiger partial charge in [-0.1, -0.05) is 24.3 Å². The van der Waals surface area contributed by atoms with Crippen molar-refractivity contribution in [2.45, 2.75) is 13.2 Å². The molecule has 0 heterocycles. The number of hydrogen-bond donors (Lipinski definition) is 3. The van der Waals surface area contributed by atoms with Crippen LogP contribution in [-0.2, 0) is 13.2 Å². The van der Waals surface area contributed by atoms with Gasteiger partial charge < -0.3 is 16.2 Å². The highest BCUT2D eigenvalue weighted by molar-refractivity contribution is 5.66. The van der Waals surface area contributed by atoms with Gasteiger partial charge in [0.05, 0.1) is 18.0 Å². The van der Waals surface area contributed by atoms with Crippen LogP contribution >= 0.6 is 0 Å². The number of rotatable bonds is 4. The van der Waals surface area contributed by atoms with Gasteiger partial charge in [0.1, 0.15) is 0 Å². The van der Waals surface area contributed by atoms with Gasteiger partial charge in [-0.15, -0.1) is 0 Å². The van der Waals surface area contributed by atoms with Crippen molar-refractivity contribution < 1.29 is 13.9 Å². The average Bonchev–Trinajstić information content (AvgIpc) is 2.43. The number of nitrogens with two attached hydrogens (primary N) is 1. The molecule has 0 unspecified atom stereocenters. The maximum Gasteiger partial charge on any atom is 0.183 e. The van der Waals surface area contributed by atoms with Crippen molar-refractivity contribution in [2.24, 2.45) is 0 Å². The summed E-state index contributed by atoms with van der Waals surface area (Å²) in [5, 5.41) is 11.8. The molecule has 4 N–H and O–H groups in total. The number of aliphatic hydroxyl groups is 1. The molecule has 0 bridgehead atoms. The standard InChI is InChI=1S/C14H14F2N2O/c15-11-4-5-12(17)14(13(11)16)18-7-9-2-1-3-10(6-9)8-19/h1-6,18-19H,7-8,17H2. The molecule has 0 radical (unpaired) electrons. The van der Waals surface area contributed by atoms with Crippen LogP contribution < -0.4 is 11.1 Å². The molecule has 3 nitrogen and oxygen atoms in total. The molecule has 0 atom stereocenters. The molecule has 2 rings (SSSR count). The third kappa shape index (κ3) is 3.00. The maximum atomic E-state index is 13.6. The lowest BCUT2D eigenvalue weighted by molar-refractivity contribution is 0.281. The molecule has 0 aliphatic carbocycles. The minimum absolute atomic E-state index is 0.0469. The molecule has 0 aromatic heterocycles. The first-order valence-corrected chi connectivity index (χ1v) is 5.78. The van der Waals surface area contributed by atoms with E-state index in [0.29, 0.717) is 6.54 Å². The lowest BCUT2D eigenvalue weighted by Gasteiger charge is -2.11. The first-order valence-electron chi connectivity index (χ1n) is 5.78. The SMILES string of the molecule is Nc1ccc(F)c(F)c1NCc1cccc(CO)c1. The second-order valence-corrected chi connectivity index (χ2v) is 4.16. The Morgan fingerprint density at radius 1 is 1.11 bits per heavy atom. The summed E-state index contributed by atoms with van der Waals surface area (Å²) in [5.74, 6) is -1.93. The van der Waals surface area contributed by atoms with E-state index in [1.165, 1.54) is 6.07 Å². The Morgan fingerprint density at radius 2 is 1.84 bits per heavy atom. The topological polar surface area (TPSA) is 58.3 Å². The third-order valence-corrected chi connectivity index (χ3v) is 2.77. The van der Waals surface area contributed by atoms with E-state index in [2.05, 4.69) is 5.32 Å². The highest BCUT2D eigenvalue weighted by atomic mass is 19.2. The van der Waals surface area contributed by atoms with Crippen LogP contribution in [0.25, 0.3) is 0 Å². The number of hydrogen-bond acceptors (Lipinski definition) is 3. The normalized spacial score (nSPS) is 10.5. The Balaban J connectivity index is 2.16. The second kappa shape index (κ2) is 5.67. The number of anilines is 2. The van der Waals surface area contributed by atoms with Crippen molar-refractivity contribution in [2.75, 3.05) is 11.1 Å². The fraction of sp³-hybridized carbons (Fsp3) is 0.143. The van der Waals surface area contributed by atoms with E-state index < -0.39 is 11.6 Å². The number of halogens is 2. The van der Waals surface area contributed by atoms with Crippen molar-refractivity contribution in [3.63, 3.8) is 0 Å². The van der Waals surface area contributed by atoms with Gasteiger partial charge in [0.2, 0.25) is 0 Å². The van der Waals surface area contributed by atoms with E-state index in [-0.39, 0.29) is 18.0 Å². The van der Waals surface area contributed by atoms with Crippen molar-refractivity contribution in [1.29, 1.82) is 0 Å². The first kappa shape index (κ1) is 13.3. The smallest absolute Gasteiger partial charge is 0.183 e. The summed E-state index contributed by atoms with van der Waals surface area (Å²) in [6, 6.07) is 9.46. The molecule has 0 amide bonds. The molecular formula is C14H14F2N2O. The summed E-state index contributed by atoms with van der Waals surface area (Å²) < 4.78 is 26.7. The lowest BCUT2D eigenvalue weighted by Crippen LogP contribution is -2.06. The highest BCUT2D eigenvalue weighted by Gasteiger charge is 2.11. The van der Waals surface area contributed by atoms with E-state index in [1.54, 1.807) is 18.2 Å². The van der Waals surface area contributed by atoms with Crippen molar-refractivity contribution in [1.82, 2.24) is 0 Å². The summed E-state index contributed by atoms with van der Waals surface area (Å²) in [5.41, 5.74) is 7.30. The fourth-order valence-corrected chi connectivity index (χ4v) is 1.77. The zero-order chi connectivity index (χ0) is 13.8. The van der Waals surface area contributed by atoms with Gasteiger partial charge in [-0.25, -0.2) is 8.78 Å². The molecule has 0 spiro atoms. The largest absolute Gasteiger partial charge is 0.397 e. The number of nitrogen functional groups attached to an aromatic ring is 1. The molecule has 0 saturated heterocycles. The third-order valence-electron chi connectivity index (χ3n) is 2.77. The summed E-state index contributed by atoms with van der Waals surface area (Å²) in [6.07, 6.45) is 0. The van der Waals surface area contributed by atoms with Crippen LogP contribution in [0.2, 0.25) is 0 Å². The zero-order valence-corrected chi connectivity index (χ0v) is 10.2. The number of benzene rings is 2. The lowest BCUT2D eigenvalue weighted by atomic mass is 10.1.